The van der Waals surface area contributed by atoms with Crippen molar-refractivity contribution in [1.82, 2.24) is 14.9 Å². The molecule has 4 aromatic carbocycles. The number of aromatic nitrogens is 2. The molecule has 0 aliphatic rings. The summed E-state index contributed by atoms with van der Waals surface area (Å²) >= 11 is 0. The fraction of sp³-hybridized carbons (Fsp3) is 0.176. The van der Waals surface area contributed by atoms with Crippen molar-refractivity contribution in [3.05, 3.63) is 126 Å². The van der Waals surface area contributed by atoms with Crippen molar-refractivity contribution in [2.45, 2.75) is 20.1 Å². The third-order valence-corrected chi connectivity index (χ3v) is 6.53. The van der Waals surface area contributed by atoms with Gasteiger partial charge in [0, 0.05) is 12.1 Å². The first kappa shape index (κ1) is 29.1. The highest BCUT2D eigenvalue weighted by Crippen LogP contribution is 2.20. The van der Waals surface area contributed by atoms with E-state index in [2.05, 4.69) is 9.97 Å². The highest BCUT2D eigenvalue weighted by molar-refractivity contribution is 5.96. The maximum Gasteiger partial charge on any atom is 0.323 e. The molecule has 0 bridgehead atoms. The van der Waals surface area contributed by atoms with Crippen LogP contribution < -0.4 is 14.2 Å². The molecule has 9 nitrogen and oxygen atoms in total. The third-order valence-electron chi connectivity index (χ3n) is 6.53. The van der Waals surface area contributed by atoms with Gasteiger partial charge in [-0.1, -0.05) is 54.6 Å². The highest BCUT2D eigenvalue weighted by Gasteiger charge is 2.19. The van der Waals surface area contributed by atoms with Gasteiger partial charge in [-0.15, -0.1) is 0 Å². The van der Waals surface area contributed by atoms with Crippen LogP contribution >= 0.6 is 0 Å². The van der Waals surface area contributed by atoms with Crippen molar-refractivity contribution in [2.24, 2.45) is 0 Å². The Hall–Kier alpha value is -5.44. The van der Waals surface area contributed by atoms with Gasteiger partial charge in [0.05, 0.1) is 11.0 Å². The Labute approximate surface area is 249 Å². The van der Waals surface area contributed by atoms with Crippen LogP contribution in [-0.2, 0) is 17.9 Å². The summed E-state index contributed by atoms with van der Waals surface area (Å²) in [4.78, 5) is 35.2. The molecule has 0 aliphatic heterocycles. The Kier molecular flexibility index (Phi) is 9.43. The van der Waals surface area contributed by atoms with Gasteiger partial charge in [-0.2, -0.15) is 0 Å². The number of carbonyl (C=O) groups is 2. The van der Waals surface area contributed by atoms with E-state index in [1.807, 2.05) is 85.8 Å². The molecule has 5 rings (SSSR count). The van der Waals surface area contributed by atoms with Gasteiger partial charge < -0.3 is 24.2 Å². The van der Waals surface area contributed by atoms with E-state index in [4.69, 9.17) is 14.2 Å². The normalized spacial score (nSPS) is 10.7. The number of ether oxygens (including phenoxy) is 3. The molecule has 0 fully saturated rings. The minimum Gasteiger partial charge on any atom is -0.490 e. The number of para-hydroxylation sites is 2. The summed E-state index contributed by atoms with van der Waals surface area (Å²) in [6, 6.07) is 31.3. The molecule has 218 valence electrons. The zero-order valence-electron chi connectivity index (χ0n) is 23.7. The van der Waals surface area contributed by atoms with Gasteiger partial charge in [0.2, 0.25) is 5.88 Å². The van der Waals surface area contributed by atoms with Crippen LogP contribution in [0.4, 0.5) is 0 Å². The molecule has 1 N–H and O–H groups in total. The molecule has 0 saturated heterocycles. The smallest absolute Gasteiger partial charge is 0.323 e. The fourth-order valence-corrected chi connectivity index (χ4v) is 4.44. The Morgan fingerprint density at radius 2 is 1.40 bits per heavy atom. The summed E-state index contributed by atoms with van der Waals surface area (Å²) in [5, 5.41) is 9.48. The second-order valence-electron chi connectivity index (χ2n) is 9.80. The molecule has 1 heterocycles. The van der Waals surface area contributed by atoms with E-state index in [0.717, 1.165) is 22.2 Å². The van der Waals surface area contributed by atoms with Gasteiger partial charge in [-0.05, 0) is 66.6 Å². The summed E-state index contributed by atoms with van der Waals surface area (Å²) in [7, 11) is 0. The van der Waals surface area contributed by atoms with Crippen molar-refractivity contribution in [3.63, 3.8) is 0 Å². The minimum absolute atomic E-state index is 0.111. The van der Waals surface area contributed by atoms with Crippen molar-refractivity contribution in [3.8, 4) is 17.4 Å². The van der Waals surface area contributed by atoms with E-state index in [1.165, 1.54) is 4.90 Å². The van der Waals surface area contributed by atoms with Crippen LogP contribution in [0.15, 0.2) is 103 Å². The number of rotatable bonds is 13. The van der Waals surface area contributed by atoms with Crippen LogP contribution in [0.1, 0.15) is 27.2 Å². The minimum atomic E-state index is -1.10. The first-order valence-electron chi connectivity index (χ1n) is 13.8. The van der Waals surface area contributed by atoms with Crippen molar-refractivity contribution in [2.75, 3.05) is 19.8 Å². The first-order chi connectivity index (χ1) is 20.9. The maximum atomic E-state index is 13.3. The van der Waals surface area contributed by atoms with Gasteiger partial charge in [0.25, 0.3) is 5.91 Å². The number of carboxylic acids is 1. The van der Waals surface area contributed by atoms with Crippen LogP contribution in [0.25, 0.3) is 11.0 Å². The molecule has 1 aromatic heterocycles. The molecule has 0 saturated carbocycles. The van der Waals surface area contributed by atoms with Gasteiger partial charge >= 0.3 is 5.97 Å². The van der Waals surface area contributed by atoms with E-state index < -0.39 is 18.4 Å². The summed E-state index contributed by atoms with van der Waals surface area (Å²) in [5.41, 5.74) is 4.39. The molecule has 0 radical (unpaired) electrons. The fourth-order valence-electron chi connectivity index (χ4n) is 4.44. The number of fused-ring (bicyclic) bond motifs is 1. The summed E-state index contributed by atoms with van der Waals surface area (Å²) in [5.74, 6) is 0.135. The molecule has 0 atom stereocenters. The molecule has 43 heavy (non-hydrogen) atoms. The number of nitrogens with zero attached hydrogens (tertiary/aromatic N) is 3. The lowest BCUT2D eigenvalue weighted by atomic mass is 10.1. The van der Waals surface area contributed by atoms with Crippen LogP contribution in [0.2, 0.25) is 0 Å². The van der Waals surface area contributed by atoms with Crippen molar-refractivity contribution >= 4 is 22.9 Å². The zero-order chi connectivity index (χ0) is 30.0. The Morgan fingerprint density at radius 1 is 0.721 bits per heavy atom. The summed E-state index contributed by atoms with van der Waals surface area (Å²) in [6.45, 7) is 2.43. The second-order valence-corrected chi connectivity index (χ2v) is 9.80. The third kappa shape index (κ3) is 8.07. The molecular formula is C34H31N3O6. The Balaban J connectivity index is 1.16. The number of hydrogen-bond acceptors (Lipinski definition) is 7. The molecule has 1 amide bonds. The van der Waals surface area contributed by atoms with Crippen molar-refractivity contribution < 1.29 is 28.9 Å². The molecule has 0 unspecified atom stereocenters. The van der Waals surface area contributed by atoms with Crippen LogP contribution in [0.3, 0.4) is 0 Å². The van der Waals surface area contributed by atoms with Crippen molar-refractivity contribution in [1.29, 1.82) is 0 Å². The first-order valence-corrected chi connectivity index (χ1v) is 13.8. The lowest BCUT2D eigenvalue weighted by Gasteiger charge is -2.21. The van der Waals surface area contributed by atoms with Crippen LogP contribution in [0, 0.1) is 6.92 Å². The average Bonchev–Trinajstić information content (AvgIpc) is 3.02. The number of amides is 1. The number of aliphatic carboxylic acids is 1. The van der Waals surface area contributed by atoms with Gasteiger partial charge in [-0.25, -0.2) is 9.97 Å². The largest absolute Gasteiger partial charge is 0.490 e. The summed E-state index contributed by atoms with van der Waals surface area (Å²) < 4.78 is 17.4. The van der Waals surface area contributed by atoms with E-state index in [-0.39, 0.29) is 19.8 Å². The number of hydrogen-bond donors (Lipinski definition) is 1. The van der Waals surface area contributed by atoms with E-state index >= 15 is 0 Å². The monoisotopic (exact) mass is 577 g/mol. The zero-order valence-corrected chi connectivity index (χ0v) is 23.7. The second kappa shape index (κ2) is 14.0. The Bertz CT molecular complexity index is 1690. The predicted molar refractivity (Wildman–Crippen MR) is 161 cm³/mol. The quantitative estimate of drug-likeness (QED) is 0.177. The van der Waals surface area contributed by atoms with Crippen LogP contribution in [-0.4, -0.2) is 51.6 Å². The molecule has 5 aromatic rings. The molecule has 0 spiro atoms. The topological polar surface area (TPSA) is 111 Å². The molecular weight excluding hydrogens is 546 g/mol. The van der Waals surface area contributed by atoms with Gasteiger partial charge in [0.15, 0.2) is 0 Å². The summed E-state index contributed by atoms with van der Waals surface area (Å²) in [6.07, 6.45) is 0. The molecule has 9 heteroatoms. The maximum absolute atomic E-state index is 13.3. The average molecular weight is 578 g/mol. The number of carboxylic acid groups (broad SMARTS) is 1. The molecule has 0 aliphatic carbocycles. The van der Waals surface area contributed by atoms with Crippen LogP contribution in [0.5, 0.6) is 17.4 Å². The van der Waals surface area contributed by atoms with E-state index in [1.54, 1.807) is 24.3 Å². The van der Waals surface area contributed by atoms with E-state index in [0.29, 0.717) is 35.2 Å². The van der Waals surface area contributed by atoms with E-state index in [9.17, 15) is 14.7 Å². The Morgan fingerprint density at radius 3 is 2.14 bits per heavy atom. The van der Waals surface area contributed by atoms with Gasteiger partial charge in [0.1, 0.15) is 43.6 Å². The lowest BCUT2D eigenvalue weighted by Crippen LogP contribution is -2.35. The predicted octanol–water partition coefficient (Wildman–Crippen LogP) is 5.70. The standard InChI is InChI=1S/C34H31N3O6/c1-24-33(36-31-13-6-5-12-30(31)35-24)42-19-18-41-28-16-14-27(15-17-28)34(40)37(22-32(38)39)21-26-10-7-11-29(20-26)43-23-25-8-3-2-4-9-25/h2-17,20H,18-19,21-23H2,1H3,(H,38,39). The van der Waals surface area contributed by atoms with Gasteiger partial charge in [-0.3, -0.25) is 9.59 Å². The highest BCUT2D eigenvalue weighted by atomic mass is 16.5. The number of aryl methyl sites for hydroxylation is 1. The lowest BCUT2D eigenvalue weighted by molar-refractivity contribution is -0.137. The number of carbonyl (C=O) groups excluding carboxylic acids is 1. The number of benzene rings is 4. The SMILES string of the molecule is Cc1nc2ccccc2nc1OCCOc1ccc(C(=O)N(CC(=O)O)Cc2cccc(OCc3ccccc3)c2)cc1.